The number of pyridine rings is 1. The second kappa shape index (κ2) is 3.87. The van der Waals surface area contributed by atoms with Gasteiger partial charge in [0.15, 0.2) is 5.78 Å². The number of rotatable bonds is 0. The Balaban J connectivity index is 2.23. The van der Waals surface area contributed by atoms with E-state index >= 15 is 0 Å². The zero-order valence-corrected chi connectivity index (χ0v) is 10.9. The lowest BCUT2D eigenvalue weighted by atomic mass is 10.0. The summed E-state index contributed by atoms with van der Waals surface area (Å²) in [5, 5.41) is 0.864. The molecule has 0 bridgehead atoms. The first-order valence-electron chi connectivity index (χ1n) is 6.09. The molecule has 0 radical (unpaired) electrons. The van der Waals surface area contributed by atoms with Crippen LogP contribution in [0.15, 0.2) is 42.5 Å². The first-order chi connectivity index (χ1) is 9.66. The first kappa shape index (κ1) is 11.6. The predicted molar refractivity (Wildman–Crippen MR) is 75.6 cm³/mol. The fourth-order valence-electron chi connectivity index (χ4n) is 2.73. The van der Waals surface area contributed by atoms with Crippen LogP contribution >= 0.6 is 11.6 Å². The van der Waals surface area contributed by atoms with E-state index in [0.717, 1.165) is 16.5 Å². The molecule has 96 valence electrons. The number of hydrogen-bond donors (Lipinski definition) is 0. The van der Waals surface area contributed by atoms with Crippen molar-refractivity contribution in [2.24, 2.45) is 0 Å². The van der Waals surface area contributed by atoms with Gasteiger partial charge in [0.2, 0.25) is 0 Å². The summed E-state index contributed by atoms with van der Waals surface area (Å²) in [6.07, 6.45) is 0. The van der Waals surface area contributed by atoms with Crippen molar-refractivity contribution in [3.63, 3.8) is 0 Å². The molecule has 1 aliphatic rings. The molecule has 0 fully saturated rings. The molecule has 4 heteroatoms. The third-order valence-corrected chi connectivity index (χ3v) is 3.85. The number of ketones is 1. The van der Waals surface area contributed by atoms with Crippen LogP contribution in [0.3, 0.4) is 0 Å². The van der Waals surface area contributed by atoms with Crippen LogP contribution in [0.1, 0.15) is 15.9 Å². The maximum atomic E-state index is 13.3. The maximum absolute atomic E-state index is 13.3. The van der Waals surface area contributed by atoms with Crippen molar-refractivity contribution in [3.8, 4) is 11.1 Å². The first-order valence-corrected chi connectivity index (χ1v) is 6.47. The van der Waals surface area contributed by atoms with Gasteiger partial charge >= 0.3 is 0 Å². The zero-order chi connectivity index (χ0) is 13.9. The Morgan fingerprint density at radius 2 is 1.75 bits per heavy atom. The maximum Gasteiger partial charge on any atom is 0.197 e. The molecule has 0 saturated heterocycles. The predicted octanol–water partition coefficient (Wildman–Crippen LogP) is 4.24. The molecule has 0 unspecified atom stereocenters. The van der Waals surface area contributed by atoms with Gasteiger partial charge in [0.25, 0.3) is 0 Å². The molecule has 3 aromatic rings. The highest BCUT2D eigenvalue weighted by molar-refractivity contribution is 6.38. The molecular weight excluding hydrogens is 277 g/mol. The Bertz CT molecular complexity index is 904. The van der Waals surface area contributed by atoms with Gasteiger partial charge in [0.1, 0.15) is 11.0 Å². The van der Waals surface area contributed by atoms with Crippen molar-refractivity contribution < 1.29 is 9.18 Å². The van der Waals surface area contributed by atoms with Gasteiger partial charge in [-0.05, 0) is 17.7 Å². The number of fused-ring (bicyclic) bond motifs is 5. The molecule has 0 amide bonds. The van der Waals surface area contributed by atoms with Crippen LogP contribution in [0.4, 0.5) is 4.39 Å². The summed E-state index contributed by atoms with van der Waals surface area (Å²) in [6, 6.07) is 11.6. The summed E-state index contributed by atoms with van der Waals surface area (Å²) in [7, 11) is 0. The molecule has 0 atom stereocenters. The number of halogens is 2. The molecule has 0 spiro atoms. The Labute approximate surface area is 118 Å². The third kappa shape index (κ3) is 1.38. The van der Waals surface area contributed by atoms with Crippen LogP contribution in [0.25, 0.3) is 22.0 Å². The Morgan fingerprint density at radius 3 is 2.55 bits per heavy atom. The fourth-order valence-corrected chi connectivity index (χ4v) is 3.00. The fraction of sp³-hybridized carbons (Fsp3) is 0. The van der Waals surface area contributed by atoms with Crippen molar-refractivity contribution in [2.45, 2.75) is 0 Å². The van der Waals surface area contributed by atoms with Gasteiger partial charge in [-0.15, -0.1) is 0 Å². The summed E-state index contributed by atoms with van der Waals surface area (Å²) in [6.45, 7) is 0. The summed E-state index contributed by atoms with van der Waals surface area (Å²) < 4.78 is 13.3. The van der Waals surface area contributed by atoms with Crippen LogP contribution in [-0.4, -0.2) is 10.8 Å². The van der Waals surface area contributed by atoms with Crippen LogP contribution in [0.2, 0.25) is 5.15 Å². The number of carbonyl (C=O) groups excluding carboxylic acids is 1. The lowest BCUT2D eigenvalue weighted by Gasteiger charge is -2.07. The lowest BCUT2D eigenvalue weighted by molar-refractivity contribution is 0.104. The Kier molecular flexibility index (Phi) is 2.24. The minimum Gasteiger partial charge on any atom is -0.288 e. The second-order valence-corrected chi connectivity index (χ2v) is 5.05. The van der Waals surface area contributed by atoms with Crippen LogP contribution in [0.5, 0.6) is 0 Å². The molecule has 0 N–H and O–H groups in total. The van der Waals surface area contributed by atoms with Gasteiger partial charge in [0, 0.05) is 22.6 Å². The minimum atomic E-state index is -0.376. The SMILES string of the molecule is O=C1c2ccccc2-c2c1c(Cl)nc1cc(F)ccc21. The summed E-state index contributed by atoms with van der Waals surface area (Å²) >= 11 is 6.13. The van der Waals surface area contributed by atoms with E-state index in [1.54, 1.807) is 12.1 Å². The third-order valence-electron chi connectivity index (χ3n) is 3.57. The van der Waals surface area contributed by atoms with Gasteiger partial charge in [-0.3, -0.25) is 4.79 Å². The van der Waals surface area contributed by atoms with Gasteiger partial charge in [-0.2, -0.15) is 0 Å². The number of carbonyl (C=O) groups is 1. The smallest absolute Gasteiger partial charge is 0.197 e. The second-order valence-electron chi connectivity index (χ2n) is 4.69. The number of nitrogens with zero attached hydrogens (tertiary/aromatic N) is 1. The van der Waals surface area contributed by atoms with E-state index in [0.29, 0.717) is 16.6 Å². The van der Waals surface area contributed by atoms with E-state index in [2.05, 4.69) is 4.98 Å². The average Bonchev–Trinajstić information content (AvgIpc) is 2.74. The van der Waals surface area contributed by atoms with Gasteiger partial charge in [-0.1, -0.05) is 35.9 Å². The molecular formula is C16H7ClFNO. The van der Waals surface area contributed by atoms with Crippen LogP contribution < -0.4 is 0 Å². The molecule has 1 heterocycles. The van der Waals surface area contributed by atoms with Gasteiger partial charge < -0.3 is 0 Å². The van der Waals surface area contributed by atoms with Crippen molar-refractivity contribution >= 4 is 28.3 Å². The van der Waals surface area contributed by atoms with E-state index < -0.39 is 0 Å². The molecule has 2 aromatic carbocycles. The Hall–Kier alpha value is -2.26. The molecule has 1 aliphatic carbocycles. The van der Waals surface area contributed by atoms with Crippen molar-refractivity contribution in [1.29, 1.82) is 0 Å². The molecule has 4 rings (SSSR count). The van der Waals surface area contributed by atoms with E-state index in [4.69, 9.17) is 11.6 Å². The van der Waals surface area contributed by atoms with E-state index in [1.165, 1.54) is 12.1 Å². The molecule has 0 aliphatic heterocycles. The van der Waals surface area contributed by atoms with E-state index in [1.807, 2.05) is 18.2 Å². The summed E-state index contributed by atoms with van der Waals surface area (Å²) in [5.41, 5.74) is 3.06. The average molecular weight is 284 g/mol. The molecule has 0 saturated carbocycles. The number of hydrogen-bond acceptors (Lipinski definition) is 2. The topological polar surface area (TPSA) is 30.0 Å². The van der Waals surface area contributed by atoms with E-state index in [-0.39, 0.29) is 16.8 Å². The molecule has 20 heavy (non-hydrogen) atoms. The molecule has 1 aromatic heterocycles. The zero-order valence-electron chi connectivity index (χ0n) is 10.2. The normalized spacial score (nSPS) is 12.6. The molecule has 2 nitrogen and oxygen atoms in total. The number of benzene rings is 2. The van der Waals surface area contributed by atoms with Crippen molar-refractivity contribution in [3.05, 3.63) is 64.6 Å². The highest BCUT2D eigenvalue weighted by atomic mass is 35.5. The van der Waals surface area contributed by atoms with E-state index in [9.17, 15) is 9.18 Å². The lowest BCUT2D eigenvalue weighted by Crippen LogP contribution is -1.98. The summed E-state index contributed by atoms with van der Waals surface area (Å²) in [4.78, 5) is 16.6. The highest BCUT2D eigenvalue weighted by Crippen LogP contribution is 2.43. The quantitative estimate of drug-likeness (QED) is 0.452. The minimum absolute atomic E-state index is 0.124. The largest absolute Gasteiger partial charge is 0.288 e. The summed E-state index contributed by atoms with van der Waals surface area (Å²) in [5.74, 6) is -0.502. The monoisotopic (exact) mass is 283 g/mol. The Morgan fingerprint density at radius 1 is 1.00 bits per heavy atom. The van der Waals surface area contributed by atoms with Crippen LogP contribution in [0, 0.1) is 5.82 Å². The van der Waals surface area contributed by atoms with Gasteiger partial charge in [-0.25, -0.2) is 9.37 Å². The van der Waals surface area contributed by atoms with Crippen molar-refractivity contribution in [1.82, 2.24) is 4.98 Å². The highest BCUT2D eigenvalue weighted by Gasteiger charge is 2.31. The van der Waals surface area contributed by atoms with Crippen LogP contribution in [-0.2, 0) is 0 Å². The van der Waals surface area contributed by atoms with Gasteiger partial charge in [0.05, 0.1) is 11.1 Å². The van der Waals surface area contributed by atoms with Crippen molar-refractivity contribution in [2.75, 3.05) is 0 Å². The standard InChI is InChI=1S/C16H7ClFNO/c17-16-14-13(9-3-1-2-4-10(9)15(14)20)11-6-5-8(18)7-12(11)19-16/h1-7H. The number of aromatic nitrogens is 1.